The van der Waals surface area contributed by atoms with Gasteiger partial charge in [0.2, 0.25) is 0 Å². The second-order valence-corrected chi connectivity index (χ2v) is 7.83. The van der Waals surface area contributed by atoms with Gasteiger partial charge in [0.05, 0.1) is 6.61 Å². The molecular formula is C17H28N2OS. The van der Waals surface area contributed by atoms with Crippen LogP contribution in [0.5, 0.6) is 0 Å². The molecule has 2 rings (SSSR count). The van der Waals surface area contributed by atoms with Gasteiger partial charge in [-0.2, -0.15) is 11.8 Å². The zero-order chi connectivity index (χ0) is 15.2. The van der Waals surface area contributed by atoms with Crippen LogP contribution in [0.1, 0.15) is 25.0 Å². The van der Waals surface area contributed by atoms with E-state index in [4.69, 9.17) is 4.74 Å². The van der Waals surface area contributed by atoms with Gasteiger partial charge >= 0.3 is 0 Å². The molecule has 1 saturated heterocycles. The molecule has 1 aliphatic rings. The summed E-state index contributed by atoms with van der Waals surface area (Å²) in [5, 5.41) is 4.82. The molecule has 0 radical (unpaired) electrons. The van der Waals surface area contributed by atoms with E-state index in [1.54, 1.807) is 7.11 Å². The monoisotopic (exact) mass is 308 g/mol. The van der Waals surface area contributed by atoms with Crippen LogP contribution in [0.15, 0.2) is 18.2 Å². The summed E-state index contributed by atoms with van der Waals surface area (Å²) < 4.78 is 5.05. The van der Waals surface area contributed by atoms with E-state index in [2.05, 4.69) is 60.9 Å². The lowest BCUT2D eigenvalue weighted by Crippen LogP contribution is -2.40. The summed E-state index contributed by atoms with van der Waals surface area (Å²) in [6.45, 7) is 11.8. The third-order valence-electron chi connectivity index (χ3n) is 3.83. The van der Waals surface area contributed by atoms with E-state index >= 15 is 0 Å². The van der Waals surface area contributed by atoms with Crippen molar-refractivity contribution in [1.82, 2.24) is 5.32 Å². The highest BCUT2D eigenvalue weighted by Crippen LogP contribution is 2.30. The van der Waals surface area contributed by atoms with E-state index < -0.39 is 0 Å². The first-order chi connectivity index (χ1) is 10.1. The number of hydrogen-bond acceptors (Lipinski definition) is 4. The van der Waals surface area contributed by atoms with Crippen LogP contribution in [0.4, 0.5) is 5.69 Å². The molecule has 1 N–H and O–H groups in total. The number of nitrogens with one attached hydrogen (secondary N) is 1. The number of aryl methyl sites for hydroxylation is 1. The predicted octanol–water partition coefficient (Wildman–Crippen LogP) is 3.06. The zero-order valence-electron chi connectivity index (χ0n) is 13.7. The lowest BCUT2D eigenvalue weighted by molar-refractivity contribution is 0.199. The molecule has 0 aromatic heterocycles. The fourth-order valence-electron chi connectivity index (χ4n) is 2.96. The zero-order valence-corrected chi connectivity index (χ0v) is 14.5. The standard InChI is InChI=1S/C17H28N2OS/c1-13-9-16(10-18-7-8-20-4)5-6-17(13)19-11-14(2)21-15(3)12-19/h5-6,9,14-15,18H,7-8,10-12H2,1-4H3. The molecule has 1 heterocycles. The minimum absolute atomic E-state index is 0.712. The van der Waals surface area contributed by atoms with Crippen molar-refractivity contribution in [3.8, 4) is 0 Å². The van der Waals surface area contributed by atoms with Crippen molar-refractivity contribution < 1.29 is 4.74 Å². The molecule has 21 heavy (non-hydrogen) atoms. The Bertz CT molecular complexity index is 442. The highest BCUT2D eigenvalue weighted by molar-refractivity contribution is 8.00. The fraction of sp³-hybridized carbons (Fsp3) is 0.647. The van der Waals surface area contributed by atoms with Gasteiger partial charge in [0.25, 0.3) is 0 Å². The van der Waals surface area contributed by atoms with Gasteiger partial charge in [-0.25, -0.2) is 0 Å². The maximum absolute atomic E-state index is 5.05. The summed E-state index contributed by atoms with van der Waals surface area (Å²) >= 11 is 2.10. The third-order valence-corrected chi connectivity index (χ3v) is 5.06. The van der Waals surface area contributed by atoms with Crippen molar-refractivity contribution in [3.63, 3.8) is 0 Å². The van der Waals surface area contributed by atoms with Crippen LogP contribution < -0.4 is 10.2 Å². The summed E-state index contributed by atoms with van der Waals surface area (Å²) in [5.41, 5.74) is 4.13. The minimum atomic E-state index is 0.712. The predicted molar refractivity (Wildman–Crippen MR) is 93.5 cm³/mol. The SMILES string of the molecule is COCCNCc1ccc(N2CC(C)SC(C)C2)c(C)c1. The number of benzene rings is 1. The van der Waals surface area contributed by atoms with E-state index in [0.29, 0.717) is 10.5 Å². The molecule has 3 nitrogen and oxygen atoms in total. The lowest BCUT2D eigenvalue weighted by atomic mass is 10.1. The molecule has 1 aromatic rings. The number of hydrogen-bond donors (Lipinski definition) is 1. The van der Waals surface area contributed by atoms with E-state index in [-0.39, 0.29) is 0 Å². The maximum atomic E-state index is 5.05. The summed E-state index contributed by atoms with van der Waals surface area (Å²) in [4.78, 5) is 2.54. The Kier molecular flexibility index (Phi) is 6.40. The smallest absolute Gasteiger partial charge is 0.0587 e. The van der Waals surface area contributed by atoms with Crippen LogP contribution in [0.3, 0.4) is 0 Å². The van der Waals surface area contributed by atoms with E-state index in [0.717, 1.165) is 32.8 Å². The van der Waals surface area contributed by atoms with Gasteiger partial charge in [0, 0.05) is 49.5 Å². The molecule has 1 aliphatic heterocycles. The maximum Gasteiger partial charge on any atom is 0.0587 e. The number of thioether (sulfide) groups is 1. The molecule has 118 valence electrons. The lowest BCUT2D eigenvalue weighted by Gasteiger charge is -2.37. The number of nitrogens with zero attached hydrogens (tertiary/aromatic N) is 1. The van der Waals surface area contributed by atoms with Crippen molar-refractivity contribution in [1.29, 1.82) is 0 Å². The summed E-state index contributed by atoms with van der Waals surface area (Å²) in [7, 11) is 1.74. The molecular weight excluding hydrogens is 280 g/mol. The molecule has 4 heteroatoms. The first kappa shape index (κ1) is 16.7. The molecule has 2 unspecified atom stereocenters. The van der Waals surface area contributed by atoms with Gasteiger partial charge in [-0.15, -0.1) is 0 Å². The van der Waals surface area contributed by atoms with Crippen molar-refractivity contribution in [2.75, 3.05) is 38.3 Å². The molecule has 0 saturated carbocycles. The summed E-state index contributed by atoms with van der Waals surface area (Å²) in [5.74, 6) is 0. The van der Waals surface area contributed by atoms with E-state index in [1.165, 1.54) is 16.8 Å². The molecule has 2 atom stereocenters. The number of methoxy groups -OCH3 is 1. The molecule has 1 fully saturated rings. The van der Waals surface area contributed by atoms with Crippen molar-refractivity contribution >= 4 is 17.4 Å². The summed E-state index contributed by atoms with van der Waals surface area (Å²) in [6, 6.07) is 6.85. The molecule has 0 amide bonds. The van der Waals surface area contributed by atoms with Gasteiger partial charge in [-0.05, 0) is 24.1 Å². The Morgan fingerprint density at radius 3 is 2.62 bits per heavy atom. The first-order valence-corrected chi connectivity index (χ1v) is 8.74. The first-order valence-electron chi connectivity index (χ1n) is 7.79. The van der Waals surface area contributed by atoms with Gasteiger partial charge in [-0.1, -0.05) is 26.0 Å². The van der Waals surface area contributed by atoms with Crippen LogP contribution in [-0.4, -0.2) is 43.9 Å². The second-order valence-electron chi connectivity index (χ2n) is 5.95. The fourth-order valence-corrected chi connectivity index (χ4v) is 4.29. The minimum Gasteiger partial charge on any atom is -0.383 e. The highest BCUT2D eigenvalue weighted by atomic mass is 32.2. The molecule has 0 aliphatic carbocycles. The van der Waals surface area contributed by atoms with Gasteiger partial charge < -0.3 is 15.0 Å². The third kappa shape index (κ3) is 4.90. The van der Waals surface area contributed by atoms with Gasteiger partial charge in [0.15, 0.2) is 0 Å². The number of rotatable bonds is 6. The van der Waals surface area contributed by atoms with E-state index in [1.807, 2.05) is 0 Å². The average molecular weight is 308 g/mol. The van der Waals surface area contributed by atoms with Crippen LogP contribution in [0, 0.1) is 6.92 Å². The molecule has 0 spiro atoms. The summed E-state index contributed by atoms with van der Waals surface area (Å²) in [6.07, 6.45) is 0. The molecule has 1 aromatic carbocycles. The number of anilines is 1. The van der Waals surface area contributed by atoms with Crippen LogP contribution >= 0.6 is 11.8 Å². The van der Waals surface area contributed by atoms with E-state index in [9.17, 15) is 0 Å². The normalized spacial score (nSPS) is 22.6. The van der Waals surface area contributed by atoms with Crippen molar-refractivity contribution in [2.24, 2.45) is 0 Å². The van der Waals surface area contributed by atoms with Gasteiger partial charge in [0.1, 0.15) is 0 Å². The van der Waals surface area contributed by atoms with Crippen LogP contribution in [0.25, 0.3) is 0 Å². The average Bonchev–Trinajstić information content (AvgIpc) is 2.42. The Labute approximate surface area is 133 Å². The Hall–Kier alpha value is -0.710. The van der Waals surface area contributed by atoms with Crippen LogP contribution in [0.2, 0.25) is 0 Å². The topological polar surface area (TPSA) is 24.5 Å². The molecule has 0 bridgehead atoms. The number of ether oxygens (including phenoxy) is 1. The Morgan fingerprint density at radius 2 is 2.00 bits per heavy atom. The largest absolute Gasteiger partial charge is 0.383 e. The Balaban J connectivity index is 1.98. The van der Waals surface area contributed by atoms with Crippen molar-refractivity contribution in [2.45, 2.75) is 37.8 Å². The van der Waals surface area contributed by atoms with Crippen LogP contribution in [-0.2, 0) is 11.3 Å². The Morgan fingerprint density at radius 1 is 1.29 bits per heavy atom. The van der Waals surface area contributed by atoms with Crippen molar-refractivity contribution in [3.05, 3.63) is 29.3 Å². The second kappa shape index (κ2) is 8.06. The highest BCUT2D eigenvalue weighted by Gasteiger charge is 2.23. The quantitative estimate of drug-likeness (QED) is 0.816. The van der Waals surface area contributed by atoms with Gasteiger partial charge in [-0.3, -0.25) is 0 Å².